The molecule has 1 aliphatic rings. The van der Waals surface area contributed by atoms with E-state index in [0.717, 1.165) is 19.3 Å². The number of hydrogen-bond donors (Lipinski definition) is 2. The van der Waals surface area contributed by atoms with Gasteiger partial charge in [0, 0.05) is 32.7 Å². The van der Waals surface area contributed by atoms with Gasteiger partial charge in [-0.2, -0.15) is 0 Å². The van der Waals surface area contributed by atoms with Gasteiger partial charge in [0.1, 0.15) is 0 Å². The van der Waals surface area contributed by atoms with Crippen LogP contribution in [0.5, 0.6) is 0 Å². The summed E-state index contributed by atoms with van der Waals surface area (Å²) >= 11 is 0. The third kappa shape index (κ3) is 4.23. The molecule has 5 nitrogen and oxygen atoms in total. The zero-order valence-electron chi connectivity index (χ0n) is 11.6. The van der Waals surface area contributed by atoms with Crippen molar-refractivity contribution in [2.24, 2.45) is 17.6 Å². The third-order valence-corrected chi connectivity index (χ3v) is 3.89. The first-order chi connectivity index (χ1) is 8.60. The summed E-state index contributed by atoms with van der Waals surface area (Å²) < 4.78 is 10.2. The summed E-state index contributed by atoms with van der Waals surface area (Å²) in [5, 5.41) is 2.94. The van der Waals surface area contributed by atoms with Crippen LogP contribution in [0, 0.1) is 11.8 Å². The Morgan fingerprint density at radius 2 is 2.17 bits per heavy atom. The Bertz CT molecular complexity index is 261. The summed E-state index contributed by atoms with van der Waals surface area (Å²) in [6.07, 6.45) is 2.90. The Hall–Kier alpha value is -0.650. The monoisotopic (exact) mass is 258 g/mol. The highest BCUT2D eigenvalue weighted by molar-refractivity contribution is 5.79. The van der Waals surface area contributed by atoms with Crippen LogP contribution < -0.4 is 11.1 Å². The van der Waals surface area contributed by atoms with Crippen molar-refractivity contribution in [3.05, 3.63) is 0 Å². The molecular weight excluding hydrogens is 232 g/mol. The van der Waals surface area contributed by atoms with E-state index in [2.05, 4.69) is 12.2 Å². The summed E-state index contributed by atoms with van der Waals surface area (Å²) in [6, 6.07) is 0.145. The van der Waals surface area contributed by atoms with Crippen LogP contribution in [0.4, 0.5) is 0 Å². The van der Waals surface area contributed by atoms with E-state index < -0.39 is 0 Å². The van der Waals surface area contributed by atoms with Crippen LogP contribution in [0.2, 0.25) is 0 Å². The van der Waals surface area contributed by atoms with Gasteiger partial charge in [0.15, 0.2) is 0 Å². The molecular formula is C13H26N2O3. The molecule has 0 aliphatic heterocycles. The molecule has 3 N–H and O–H groups in total. The summed E-state index contributed by atoms with van der Waals surface area (Å²) in [7, 11) is 3.24. The number of amides is 1. The predicted molar refractivity (Wildman–Crippen MR) is 70.2 cm³/mol. The number of nitrogens with one attached hydrogen (secondary N) is 1. The number of rotatable bonds is 6. The lowest BCUT2D eigenvalue weighted by Crippen LogP contribution is -2.46. The second kappa shape index (κ2) is 7.71. The standard InChI is InChI=1S/C13H26N2O3/c1-9-11(5-4-6-12(9)14)13(16)15-7-10(18-3)8-17-2/h9-12H,4-8,14H2,1-3H3,(H,15,16). The fourth-order valence-electron chi connectivity index (χ4n) is 2.51. The highest BCUT2D eigenvalue weighted by Gasteiger charge is 2.32. The zero-order valence-corrected chi connectivity index (χ0v) is 11.6. The third-order valence-electron chi connectivity index (χ3n) is 3.89. The van der Waals surface area contributed by atoms with Crippen molar-refractivity contribution in [1.29, 1.82) is 0 Å². The molecule has 4 atom stereocenters. The number of methoxy groups -OCH3 is 2. The molecule has 1 fully saturated rings. The first kappa shape index (κ1) is 15.4. The Balaban J connectivity index is 2.39. The van der Waals surface area contributed by atoms with Crippen molar-refractivity contribution in [1.82, 2.24) is 5.32 Å². The Kier molecular flexibility index (Phi) is 6.60. The van der Waals surface area contributed by atoms with Gasteiger partial charge in [-0.25, -0.2) is 0 Å². The van der Waals surface area contributed by atoms with Gasteiger partial charge in [-0.15, -0.1) is 0 Å². The lowest BCUT2D eigenvalue weighted by Gasteiger charge is -2.33. The minimum atomic E-state index is -0.0912. The van der Waals surface area contributed by atoms with Crippen LogP contribution in [0.3, 0.4) is 0 Å². The van der Waals surface area contributed by atoms with Gasteiger partial charge in [0.2, 0.25) is 5.91 Å². The molecule has 1 rings (SSSR count). The first-order valence-corrected chi connectivity index (χ1v) is 6.65. The molecule has 1 aliphatic carbocycles. The normalized spacial score (nSPS) is 29.9. The van der Waals surface area contributed by atoms with E-state index >= 15 is 0 Å². The second-order valence-corrected chi connectivity index (χ2v) is 5.12. The lowest BCUT2D eigenvalue weighted by atomic mass is 9.77. The average molecular weight is 258 g/mol. The molecule has 0 radical (unpaired) electrons. The Morgan fingerprint density at radius 3 is 2.78 bits per heavy atom. The van der Waals surface area contributed by atoms with Crippen LogP contribution >= 0.6 is 0 Å². The van der Waals surface area contributed by atoms with Crippen LogP contribution in [0.25, 0.3) is 0 Å². The molecule has 0 aromatic rings. The molecule has 5 heteroatoms. The zero-order chi connectivity index (χ0) is 13.5. The maximum absolute atomic E-state index is 12.1. The van der Waals surface area contributed by atoms with E-state index in [1.807, 2.05) is 0 Å². The fraction of sp³-hybridized carbons (Fsp3) is 0.923. The van der Waals surface area contributed by atoms with E-state index in [9.17, 15) is 4.79 Å². The topological polar surface area (TPSA) is 73.6 Å². The summed E-state index contributed by atoms with van der Waals surface area (Å²) in [5.41, 5.74) is 6.01. The summed E-state index contributed by atoms with van der Waals surface area (Å²) in [6.45, 7) is 3.04. The molecule has 1 amide bonds. The van der Waals surface area contributed by atoms with Crippen molar-refractivity contribution < 1.29 is 14.3 Å². The van der Waals surface area contributed by atoms with E-state index in [1.54, 1.807) is 14.2 Å². The van der Waals surface area contributed by atoms with Gasteiger partial charge in [0.25, 0.3) is 0 Å². The smallest absolute Gasteiger partial charge is 0.223 e. The first-order valence-electron chi connectivity index (χ1n) is 6.65. The second-order valence-electron chi connectivity index (χ2n) is 5.12. The molecule has 0 spiro atoms. The molecule has 4 unspecified atom stereocenters. The van der Waals surface area contributed by atoms with Crippen molar-refractivity contribution in [3.63, 3.8) is 0 Å². The average Bonchev–Trinajstić information content (AvgIpc) is 2.37. The molecule has 1 saturated carbocycles. The number of hydrogen-bond acceptors (Lipinski definition) is 4. The Labute approximate surface area is 109 Å². The van der Waals surface area contributed by atoms with Crippen molar-refractivity contribution in [2.45, 2.75) is 38.3 Å². The van der Waals surface area contributed by atoms with E-state index in [0.29, 0.717) is 13.2 Å². The maximum atomic E-state index is 12.1. The number of carbonyl (C=O) groups excluding carboxylic acids is 1. The van der Waals surface area contributed by atoms with E-state index in [4.69, 9.17) is 15.2 Å². The van der Waals surface area contributed by atoms with Gasteiger partial charge >= 0.3 is 0 Å². The van der Waals surface area contributed by atoms with Crippen LogP contribution in [0.1, 0.15) is 26.2 Å². The molecule has 0 aromatic carbocycles. The number of ether oxygens (including phenoxy) is 2. The van der Waals surface area contributed by atoms with Crippen molar-refractivity contribution in [3.8, 4) is 0 Å². The molecule has 0 heterocycles. The maximum Gasteiger partial charge on any atom is 0.223 e. The van der Waals surface area contributed by atoms with Gasteiger partial charge in [0.05, 0.1) is 12.7 Å². The fourth-order valence-corrected chi connectivity index (χ4v) is 2.51. The van der Waals surface area contributed by atoms with E-state index in [-0.39, 0.29) is 29.9 Å². The van der Waals surface area contributed by atoms with Gasteiger partial charge in [-0.1, -0.05) is 13.3 Å². The predicted octanol–water partition coefficient (Wildman–Crippen LogP) is 0.528. The minimum Gasteiger partial charge on any atom is -0.382 e. The molecule has 106 valence electrons. The van der Waals surface area contributed by atoms with Gasteiger partial charge in [-0.05, 0) is 18.8 Å². The highest BCUT2D eigenvalue weighted by Crippen LogP contribution is 2.28. The number of carbonyl (C=O) groups is 1. The van der Waals surface area contributed by atoms with Gasteiger partial charge in [-0.3, -0.25) is 4.79 Å². The Morgan fingerprint density at radius 1 is 1.44 bits per heavy atom. The molecule has 0 aromatic heterocycles. The van der Waals surface area contributed by atoms with E-state index in [1.165, 1.54) is 0 Å². The summed E-state index contributed by atoms with van der Waals surface area (Å²) in [5.74, 6) is 0.381. The van der Waals surface area contributed by atoms with Gasteiger partial charge < -0.3 is 20.5 Å². The molecule has 18 heavy (non-hydrogen) atoms. The largest absolute Gasteiger partial charge is 0.382 e. The molecule has 0 bridgehead atoms. The van der Waals surface area contributed by atoms with Crippen molar-refractivity contribution in [2.75, 3.05) is 27.4 Å². The molecule has 0 saturated heterocycles. The van der Waals surface area contributed by atoms with Crippen LogP contribution in [-0.2, 0) is 14.3 Å². The SMILES string of the molecule is COCC(CNC(=O)C1CCCC(N)C1C)OC. The minimum absolute atomic E-state index is 0.0359. The van der Waals surface area contributed by atoms with Crippen LogP contribution in [-0.4, -0.2) is 45.4 Å². The lowest BCUT2D eigenvalue weighted by molar-refractivity contribution is -0.128. The van der Waals surface area contributed by atoms with Crippen LogP contribution in [0.15, 0.2) is 0 Å². The van der Waals surface area contributed by atoms with Crippen molar-refractivity contribution >= 4 is 5.91 Å². The summed E-state index contributed by atoms with van der Waals surface area (Å²) in [4.78, 5) is 12.1. The number of nitrogens with two attached hydrogens (primary N) is 1. The highest BCUT2D eigenvalue weighted by atomic mass is 16.5. The quantitative estimate of drug-likeness (QED) is 0.729.